The first-order valence-electron chi connectivity index (χ1n) is 6.87. The van der Waals surface area contributed by atoms with Gasteiger partial charge in [0.25, 0.3) is 0 Å². The largest absolute Gasteiger partial charge is 0.306 e. The van der Waals surface area contributed by atoms with E-state index in [1.807, 2.05) is 24.1 Å². The number of hydrogen-bond acceptors (Lipinski definition) is 2. The van der Waals surface area contributed by atoms with E-state index in [4.69, 9.17) is 0 Å². The molecule has 0 aliphatic heterocycles. The molecule has 3 heteroatoms. The van der Waals surface area contributed by atoms with Gasteiger partial charge in [0.15, 0.2) is 0 Å². The number of aromatic nitrogens is 2. The van der Waals surface area contributed by atoms with E-state index >= 15 is 0 Å². The number of aryl methyl sites for hydroxylation is 1. The molecule has 2 rings (SSSR count). The molecule has 1 N–H and O–H groups in total. The molecule has 0 spiro atoms. The van der Waals surface area contributed by atoms with Crippen LogP contribution < -0.4 is 5.32 Å². The Balaban J connectivity index is 1.94. The van der Waals surface area contributed by atoms with Crippen molar-refractivity contribution in [1.82, 2.24) is 15.1 Å². The minimum absolute atomic E-state index is 0.349. The molecule has 0 fully saturated rings. The van der Waals surface area contributed by atoms with Gasteiger partial charge in [-0.3, -0.25) is 4.68 Å². The summed E-state index contributed by atoms with van der Waals surface area (Å²) in [5, 5.41) is 7.70. The predicted octanol–water partition coefficient (Wildman–Crippen LogP) is 3.39. The fourth-order valence-electron chi connectivity index (χ4n) is 2.12. The number of nitrogens with zero attached hydrogens (tertiary/aromatic N) is 2. The highest BCUT2D eigenvalue weighted by atomic mass is 15.2. The fourth-order valence-corrected chi connectivity index (χ4v) is 2.12. The van der Waals surface area contributed by atoms with Crippen LogP contribution in [0.15, 0.2) is 36.7 Å². The Morgan fingerprint density at radius 3 is 2.26 bits per heavy atom. The van der Waals surface area contributed by atoms with Crippen LogP contribution in [0.5, 0.6) is 0 Å². The Bertz CT molecular complexity index is 511. The fraction of sp³-hybridized carbons (Fsp3) is 0.438. The van der Waals surface area contributed by atoms with E-state index in [2.05, 4.69) is 55.5 Å². The number of nitrogens with one attached hydrogen (secondary N) is 1. The van der Waals surface area contributed by atoms with Crippen molar-refractivity contribution in [3.05, 3.63) is 53.3 Å². The van der Waals surface area contributed by atoms with Gasteiger partial charge in [0.05, 0.1) is 6.20 Å². The Hall–Kier alpha value is -1.61. The van der Waals surface area contributed by atoms with Crippen LogP contribution in [-0.2, 0) is 13.6 Å². The molecule has 0 amide bonds. The van der Waals surface area contributed by atoms with E-state index in [0.717, 1.165) is 6.54 Å². The van der Waals surface area contributed by atoms with Gasteiger partial charge >= 0.3 is 0 Å². The summed E-state index contributed by atoms with van der Waals surface area (Å²) in [7, 11) is 1.94. The Kier molecular flexibility index (Phi) is 4.38. The maximum Gasteiger partial charge on any atom is 0.0534 e. The lowest BCUT2D eigenvalue weighted by Gasteiger charge is -2.15. The SMILES string of the molecule is CC(C)c1ccc(C(C)NCc2cnn(C)c2)cc1. The first-order chi connectivity index (χ1) is 9.06. The van der Waals surface area contributed by atoms with Crippen molar-refractivity contribution in [1.29, 1.82) is 0 Å². The molecule has 1 aromatic carbocycles. The van der Waals surface area contributed by atoms with Crippen LogP contribution in [0.3, 0.4) is 0 Å². The van der Waals surface area contributed by atoms with E-state index in [1.165, 1.54) is 16.7 Å². The normalized spacial score (nSPS) is 12.9. The summed E-state index contributed by atoms with van der Waals surface area (Å²) < 4.78 is 1.83. The predicted molar refractivity (Wildman–Crippen MR) is 79.0 cm³/mol. The Morgan fingerprint density at radius 2 is 1.74 bits per heavy atom. The maximum absolute atomic E-state index is 4.17. The van der Waals surface area contributed by atoms with Crippen LogP contribution in [-0.4, -0.2) is 9.78 Å². The number of benzene rings is 1. The van der Waals surface area contributed by atoms with Gasteiger partial charge in [-0.1, -0.05) is 38.1 Å². The highest BCUT2D eigenvalue weighted by molar-refractivity contribution is 5.26. The summed E-state index contributed by atoms with van der Waals surface area (Å²) in [4.78, 5) is 0. The van der Waals surface area contributed by atoms with E-state index in [9.17, 15) is 0 Å². The average molecular weight is 257 g/mol. The standard InChI is InChI=1S/C16H23N3/c1-12(2)15-5-7-16(8-6-15)13(3)17-9-14-10-18-19(4)11-14/h5-8,10-13,17H,9H2,1-4H3. The zero-order chi connectivity index (χ0) is 13.8. The molecule has 1 unspecified atom stereocenters. The third-order valence-electron chi connectivity index (χ3n) is 3.47. The molecule has 0 saturated heterocycles. The molecule has 19 heavy (non-hydrogen) atoms. The lowest BCUT2D eigenvalue weighted by Crippen LogP contribution is -2.17. The highest BCUT2D eigenvalue weighted by Crippen LogP contribution is 2.18. The van der Waals surface area contributed by atoms with Gasteiger partial charge in [0.1, 0.15) is 0 Å². The monoisotopic (exact) mass is 257 g/mol. The van der Waals surface area contributed by atoms with E-state index in [1.54, 1.807) is 0 Å². The van der Waals surface area contributed by atoms with Gasteiger partial charge < -0.3 is 5.32 Å². The zero-order valence-electron chi connectivity index (χ0n) is 12.2. The van der Waals surface area contributed by atoms with Gasteiger partial charge in [-0.15, -0.1) is 0 Å². The molecule has 0 aliphatic carbocycles. The van der Waals surface area contributed by atoms with Crippen LogP contribution in [0.2, 0.25) is 0 Å². The van der Waals surface area contributed by atoms with Gasteiger partial charge in [-0.05, 0) is 24.0 Å². The van der Waals surface area contributed by atoms with E-state index in [-0.39, 0.29) is 0 Å². The summed E-state index contributed by atoms with van der Waals surface area (Å²) in [6, 6.07) is 9.23. The minimum atomic E-state index is 0.349. The highest BCUT2D eigenvalue weighted by Gasteiger charge is 2.06. The van der Waals surface area contributed by atoms with Crippen LogP contribution in [0, 0.1) is 0 Å². The maximum atomic E-state index is 4.17. The van der Waals surface area contributed by atoms with E-state index < -0.39 is 0 Å². The van der Waals surface area contributed by atoms with Crippen molar-refractivity contribution in [2.24, 2.45) is 7.05 Å². The Labute approximate surface area is 115 Å². The molecule has 1 aromatic heterocycles. The molecule has 102 valence electrons. The second-order valence-corrected chi connectivity index (χ2v) is 5.45. The summed E-state index contributed by atoms with van der Waals surface area (Å²) in [5.41, 5.74) is 3.93. The van der Waals surface area contributed by atoms with Crippen molar-refractivity contribution < 1.29 is 0 Å². The van der Waals surface area contributed by atoms with Crippen molar-refractivity contribution in [2.45, 2.75) is 39.3 Å². The van der Waals surface area contributed by atoms with E-state index in [0.29, 0.717) is 12.0 Å². The molecular formula is C16H23N3. The molecule has 0 bridgehead atoms. The molecule has 0 radical (unpaired) electrons. The number of rotatable bonds is 5. The molecule has 0 aliphatic rings. The van der Waals surface area contributed by atoms with Crippen molar-refractivity contribution in [2.75, 3.05) is 0 Å². The summed E-state index contributed by atoms with van der Waals surface area (Å²) in [6.45, 7) is 7.49. The average Bonchev–Trinajstić information content (AvgIpc) is 2.82. The first kappa shape index (κ1) is 13.8. The smallest absolute Gasteiger partial charge is 0.0534 e. The molecule has 3 nitrogen and oxygen atoms in total. The lowest BCUT2D eigenvalue weighted by atomic mass is 9.99. The van der Waals surface area contributed by atoms with Crippen molar-refractivity contribution in [3.8, 4) is 0 Å². The topological polar surface area (TPSA) is 29.9 Å². The van der Waals surface area contributed by atoms with Crippen LogP contribution >= 0.6 is 0 Å². The quantitative estimate of drug-likeness (QED) is 0.889. The second kappa shape index (κ2) is 6.02. The van der Waals surface area contributed by atoms with Gasteiger partial charge in [-0.25, -0.2) is 0 Å². The van der Waals surface area contributed by atoms with Gasteiger partial charge in [0, 0.05) is 31.4 Å². The Morgan fingerprint density at radius 1 is 1.11 bits per heavy atom. The molecule has 1 atom stereocenters. The summed E-state index contributed by atoms with van der Waals surface area (Å²) in [6.07, 6.45) is 3.95. The number of hydrogen-bond donors (Lipinski definition) is 1. The van der Waals surface area contributed by atoms with Crippen molar-refractivity contribution in [3.63, 3.8) is 0 Å². The third-order valence-corrected chi connectivity index (χ3v) is 3.47. The molecule has 0 saturated carbocycles. The summed E-state index contributed by atoms with van der Waals surface area (Å²) in [5.74, 6) is 0.590. The molecule has 2 aromatic rings. The van der Waals surface area contributed by atoms with Crippen LogP contribution in [0.1, 0.15) is 49.4 Å². The van der Waals surface area contributed by atoms with Gasteiger partial charge in [-0.2, -0.15) is 5.10 Å². The summed E-state index contributed by atoms with van der Waals surface area (Å²) >= 11 is 0. The minimum Gasteiger partial charge on any atom is -0.306 e. The van der Waals surface area contributed by atoms with Crippen molar-refractivity contribution >= 4 is 0 Å². The van der Waals surface area contributed by atoms with Crippen LogP contribution in [0.25, 0.3) is 0 Å². The third kappa shape index (κ3) is 3.67. The lowest BCUT2D eigenvalue weighted by molar-refractivity contribution is 0.574. The zero-order valence-corrected chi connectivity index (χ0v) is 12.2. The molecular weight excluding hydrogens is 234 g/mol. The van der Waals surface area contributed by atoms with Gasteiger partial charge in [0.2, 0.25) is 0 Å². The van der Waals surface area contributed by atoms with Crippen LogP contribution in [0.4, 0.5) is 0 Å². The second-order valence-electron chi connectivity index (χ2n) is 5.45. The first-order valence-corrected chi connectivity index (χ1v) is 6.87. The molecule has 1 heterocycles.